The predicted molar refractivity (Wildman–Crippen MR) is 74.1 cm³/mol. The number of likely N-dealkylation sites (N-methyl/N-ethyl adjacent to an activating group) is 1. The second-order valence-electron chi connectivity index (χ2n) is 5.66. The number of carbonyl (C=O) groups excluding carboxylic acids is 1. The van der Waals surface area contributed by atoms with Gasteiger partial charge in [-0.25, -0.2) is 0 Å². The third-order valence-electron chi connectivity index (χ3n) is 4.56. The Hall–Kier alpha value is -1.55. The Morgan fingerprint density at radius 1 is 1.42 bits per heavy atom. The van der Waals surface area contributed by atoms with E-state index in [9.17, 15) is 9.90 Å². The standard InChI is InChI=1S/C15H20N2O2/c1-17(11-5-3-6-12(18)8-11)15(19)14-13-7-2-4-10(13)9-16-14/h3,5-6,8,10,13-14,16,18H,2,4,7,9H2,1H3. The molecule has 4 heteroatoms. The van der Waals surface area contributed by atoms with Crippen molar-refractivity contribution in [1.82, 2.24) is 5.32 Å². The van der Waals surface area contributed by atoms with Crippen LogP contribution in [-0.4, -0.2) is 30.6 Å². The maximum absolute atomic E-state index is 12.6. The lowest BCUT2D eigenvalue weighted by molar-refractivity contribution is -0.120. The van der Waals surface area contributed by atoms with Crippen molar-refractivity contribution in [2.24, 2.45) is 11.8 Å². The highest BCUT2D eigenvalue weighted by molar-refractivity contribution is 5.97. The summed E-state index contributed by atoms with van der Waals surface area (Å²) in [7, 11) is 1.78. The second-order valence-corrected chi connectivity index (χ2v) is 5.66. The van der Waals surface area contributed by atoms with Crippen molar-refractivity contribution in [3.05, 3.63) is 24.3 Å². The van der Waals surface area contributed by atoms with Gasteiger partial charge in [0.05, 0.1) is 6.04 Å². The molecular formula is C15H20N2O2. The molecule has 3 unspecified atom stereocenters. The number of anilines is 1. The molecule has 1 aliphatic heterocycles. The largest absolute Gasteiger partial charge is 0.508 e. The maximum atomic E-state index is 12.6. The van der Waals surface area contributed by atoms with Crippen LogP contribution < -0.4 is 10.2 Å². The molecule has 1 aromatic rings. The molecule has 4 nitrogen and oxygen atoms in total. The van der Waals surface area contributed by atoms with Crippen molar-refractivity contribution in [3.63, 3.8) is 0 Å². The Labute approximate surface area is 113 Å². The van der Waals surface area contributed by atoms with E-state index in [4.69, 9.17) is 0 Å². The number of hydrogen-bond acceptors (Lipinski definition) is 3. The van der Waals surface area contributed by atoms with Crippen LogP contribution in [-0.2, 0) is 4.79 Å². The summed E-state index contributed by atoms with van der Waals surface area (Å²) in [4.78, 5) is 14.2. The molecule has 2 aliphatic rings. The number of benzene rings is 1. The van der Waals surface area contributed by atoms with Crippen molar-refractivity contribution < 1.29 is 9.90 Å². The first-order valence-corrected chi connectivity index (χ1v) is 6.97. The summed E-state index contributed by atoms with van der Waals surface area (Å²) in [6.45, 7) is 0.967. The van der Waals surface area contributed by atoms with Crippen molar-refractivity contribution in [2.45, 2.75) is 25.3 Å². The van der Waals surface area contributed by atoms with E-state index in [2.05, 4.69) is 5.32 Å². The van der Waals surface area contributed by atoms with Crippen LogP contribution in [0.25, 0.3) is 0 Å². The van der Waals surface area contributed by atoms with Gasteiger partial charge in [-0.15, -0.1) is 0 Å². The van der Waals surface area contributed by atoms with Crippen molar-refractivity contribution in [3.8, 4) is 5.75 Å². The van der Waals surface area contributed by atoms with Crippen LogP contribution >= 0.6 is 0 Å². The van der Waals surface area contributed by atoms with Gasteiger partial charge in [-0.1, -0.05) is 12.5 Å². The van der Waals surface area contributed by atoms with E-state index < -0.39 is 0 Å². The van der Waals surface area contributed by atoms with E-state index >= 15 is 0 Å². The van der Waals surface area contributed by atoms with E-state index in [1.807, 2.05) is 6.07 Å². The van der Waals surface area contributed by atoms with Crippen LogP contribution in [0.4, 0.5) is 5.69 Å². The number of phenols is 1. The summed E-state index contributed by atoms with van der Waals surface area (Å²) < 4.78 is 0. The lowest BCUT2D eigenvalue weighted by atomic mass is 9.93. The molecule has 102 valence electrons. The van der Waals surface area contributed by atoms with Crippen molar-refractivity contribution in [1.29, 1.82) is 0 Å². The quantitative estimate of drug-likeness (QED) is 0.851. The Morgan fingerprint density at radius 3 is 3.05 bits per heavy atom. The minimum absolute atomic E-state index is 0.0557. The first kappa shape index (κ1) is 12.5. The summed E-state index contributed by atoms with van der Waals surface area (Å²) in [6.07, 6.45) is 3.65. The fraction of sp³-hybridized carbons (Fsp3) is 0.533. The highest BCUT2D eigenvalue weighted by Crippen LogP contribution is 2.38. The Kier molecular flexibility index (Phi) is 3.19. The molecule has 0 radical (unpaired) electrons. The first-order valence-electron chi connectivity index (χ1n) is 6.97. The molecule has 19 heavy (non-hydrogen) atoms. The number of hydrogen-bond donors (Lipinski definition) is 2. The van der Waals surface area contributed by atoms with Gasteiger partial charge in [0.1, 0.15) is 5.75 Å². The molecule has 3 rings (SSSR count). The average molecular weight is 260 g/mol. The van der Waals surface area contributed by atoms with Gasteiger partial charge in [0.15, 0.2) is 0 Å². The van der Waals surface area contributed by atoms with Crippen LogP contribution in [0.2, 0.25) is 0 Å². The minimum atomic E-state index is -0.0557. The van der Waals surface area contributed by atoms with Crippen LogP contribution in [0.5, 0.6) is 5.75 Å². The summed E-state index contributed by atoms with van der Waals surface area (Å²) in [5.74, 6) is 1.47. The second kappa shape index (κ2) is 4.85. The van der Waals surface area contributed by atoms with Crippen LogP contribution in [0.3, 0.4) is 0 Å². The van der Waals surface area contributed by atoms with E-state index in [1.54, 1.807) is 30.1 Å². The molecule has 3 atom stereocenters. The van der Waals surface area contributed by atoms with Crippen LogP contribution in [0, 0.1) is 11.8 Å². The zero-order chi connectivity index (χ0) is 13.4. The molecule has 2 N–H and O–H groups in total. The van der Waals surface area contributed by atoms with Gasteiger partial charge in [0.25, 0.3) is 0 Å². The number of fused-ring (bicyclic) bond motifs is 1. The molecule has 1 saturated heterocycles. The summed E-state index contributed by atoms with van der Waals surface area (Å²) in [5.41, 5.74) is 0.744. The Balaban J connectivity index is 1.76. The summed E-state index contributed by atoms with van der Waals surface area (Å²) in [6, 6.07) is 6.79. The average Bonchev–Trinajstić information content (AvgIpc) is 2.99. The molecule has 2 fully saturated rings. The van der Waals surface area contributed by atoms with E-state index in [1.165, 1.54) is 12.8 Å². The highest BCUT2D eigenvalue weighted by atomic mass is 16.3. The summed E-state index contributed by atoms with van der Waals surface area (Å²) >= 11 is 0. The number of phenolic OH excluding ortho intramolecular Hbond substituents is 1. The molecule has 0 spiro atoms. The van der Waals surface area contributed by atoms with Gasteiger partial charge in [-0.3, -0.25) is 4.79 Å². The molecule has 0 aromatic heterocycles. The Bertz CT molecular complexity index is 489. The lowest BCUT2D eigenvalue weighted by Crippen LogP contribution is -2.44. The lowest BCUT2D eigenvalue weighted by Gasteiger charge is -2.24. The summed E-state index contributed by atoms with van der Waals surface area (Å²) in [5, 5.41) is 12.9. The molecule has 1 aromatic carbocycles. The number of rotatable bonds is 2. The van der Waals surface area contributed by atoms with Gasteiger partial charge in [0.2, 0.25) is 5.91 Å². The van der Waals surface area contributed by atoms with Gasteiger partial charge >= 0.3 is 0 Å². The maximum Gasteiger partial charge on any atom is 0.244 e. The van der Waals surface area contributed by atoms with E-state index in [0.29, 0.717) is 11.8 Å². The third kappa shape index (κ3) is 2.21. The number of amides is 1. The third-order valence-corrected chi connectivity index (χ3v) is 4.56. The number of carbonyl (C=O) groups is 1. The molecule has 1 aliphatic carbocycles. The number of aromatic hydroxyl groups is 1. The highest BCUT2D eigenvalue weighted by Gasteiger charge is 2.43. The smallest absolute Gasteiger partial charge is 0.244 e. The number of nitrogens with one attached hydrogen (secondary N) is 1. The molecule has 1 amide bonds. The molecular weight excluding hydrogens is 240 g/mol. The van der Waals surface area contributed by atoms with Crippen LogP contribution in [0.1, 0.15) is 19.3 Å². The van der Waals surface area contributed by atoms with E-state index in [-0.39, 0.29) is 17.7 Å². The van der Waals surface area contributed by atoms with Gasteiger partial charge in [-0.2, -0.15) is 0 Å². The number of nitrogens with zero attached hydrogens (tertiary/aromatic N) is 1. The van der Waals surface area contributed by atoms with Gasteiger partial charge in [-0.05, 0) is 43.4 Å². The monoisotopic (exact) mass is 260 g/mol. The zero-order valence-electron chi connectivity index (χ0n) is 11.2. The SMILES string of the molecule is CN(C(=O)C1NCC2CCCC21)c1cccc(O)c1. The normalized spacial score (nSPS) is 29.2. The molecule has 1 saturated carbocycles. The zero-order valence-corrected chi connectivity index (χ0v) is 11.2. The fourth-order valence-corrected chi connectivity index (χ4v) is 3.50. The topological polar surface area (TPSA) is 52.6 Å². The fourth-order valence-electron chi connectivity index (χ4n) is 3.50. The molecule has 1 heterocycles. The van der Waals surface area contributed by atoms with Crippen molar-refractivity contribution in [2.75, 3.05) is 18.5 Å². The minimum Gasteiger partial charge on any atom is -0.508 e. The van der Waals surface area contributed by atoms with Crippen LogP contribution in [0.15, 0.2) is 24.3 Å². The molecule has 0 bridgehead atoms. The van der Waals surface area contributed by atoms with Crippen molar-refractivity contribution >= 4 is 11.6 Å². The first-order chi connectivity index (χ1) is 9.16. The van der Waals surface area contributed by atoms with Gasteiger partial charge in [0, 0.05) is 18.8 Å². The van der Waals surface area contributed by atoms with E-state index in [0.717, 1.165) is 18.7 Å². The predicted octanol–water partition coefficient (Wildman–Crippen LogP) is 1.74. The van der Waals surface area contributed by atoms with Gasteiger partial charge < -0.3 is 15.3 Å². The Morgan fingerprint density at radius 2 is 2.26 bits per heavy atom.